The third-order valence-corrected chi connectivity index (χ3v) is 6.20. The van der Waals surface area contributed by atoms with Crippen LogP contribution in [0.2, 0.25) is 0 Å². The third-order valence-electron chi connectivity index (χ3n) is 3.42. The zero-order chi connectivity index (χ0) is 17.0. The van der Waals surface area contributed by atoms with Gasteiger partial charge in [-0.3, -0.25) is 4.72 Å². The molecular weight excluding hydrogens is 342 g/mol. The number of anilines is 3. The predicted octanol–water partition coefficient (Wildman–Crippen LogP) is 4.10. The first kappa shape index (κ1) is 16.5. The minimum atomic E-state index is -3.55. The summed E-state index contributed by atoms with van der Waals surface area (Å²) in [5, 5.41) is 1.73. The molecule has 0 aliphatic heterocycles. The van der Waals surface area contributed by atoms with Crippen molar-refractivity contribution in [2.75, 3.05) is 16.2 Å². The van der Waals surface area contributed by atoms with Crippen LogP contribution in [0.1, 0.15) is 6.92 Å². The average Bonchev–Trinajstić information content (AvgIpc) is 3.13. The SMILES string of the molecule is CCN(c1ccccc1)c1ccc(NS(=O)(=O)c2cccs2)cn1. The van der Waals surface area contributed by atoms with E-state index in [0.29, 0.717) is 5.69 Å². The van der Waals surface area contributed by atoms with Crippen LogP contribution in [0.25, 0.3) is 0 Å². The molecule has 0 saturated carbocycles. The van der Waals surface area contributed by atoms with E-state index in [1.807, 2.05) is 43.3 Å². The van der Waals surface area contributed by atoms with Crippen LogP contribution in [0.15, 0.2) is 70.4 Å². The summed E-state index contributed by atoms with van der Waals surface area (Å²) in [6.45, 7) is 2.80. The van der Waals surface area contributed by atoms with Crippen molar-refractivity contribution < 1.29 is 8.42 Å². The molecule has 3 rings (SSSR count). The molecular formula is C17H17N3O2S2. The van der Waals surface area contributed by atoms with Gasteiger partial charge in [-0.25, -0.2) is 13.4 Å². The maximum atomic E-state index is 12.2. The quantitative estimate of drug-likeness (QED) is 0.720. The summed E-state index contributed by atoms with van der Waals surface area (Å²) in [6, 6.07) is 16.7. The van der Waals surface area contributed by atoms with Gasteiger partial charge in [0.2, 0.25) is 0 Å². The van der Waals surface area contributed by atoms with Crippen molar-refractivity contribution in [1.82, 2.24) is 4.98 Å². The van der Waals surface area contributed by atoms with E-state index in [1.165, 1.54) is 17.5 Å². The van der Waals surface area contributed by atoms with E-state index in [-0.39, 0.29) is 4.21 Å². The number of hydrogen-bond donors (Lipinski definition) is 1. The van der Waals surface area contributed by atoms with Crippen LogP contribution in [0.4, 0.5) is 17.2 Å². The summed E-state index contributed by atoms with van der Waals surface area (Å²) < 4.78 is 27.3. The van der Waals surface area contributed by atoms with Crippen LogP contribution in [-0.2, 0) is 10.0 Å². The van der Waals surface area contributed by atoms with Crippen LogP contribution < -0.4 is 9.62 Å². The fourth-order valence-corrected chi connectivity index (χ4v) is 4.35. The van der Waals surface area contributed by atoms with E-state index in [0.717, 1.165) is 18.1 Å². The first-order chi connectivity index (χ1) is 11.6. The lowest BCUT2D eigenvalue weighted by atomic mass is 10.3. The highest BCUT2D eigenvalue weighted by Crippen LogP contribution is 2.25. The zero-order valence-corrected chi connectivity index (χ0v) is 14.7. The smallest absolute Gasteiger partial charge is 0.271 e. The Hall–Kier alpha value is -2.38. The first-order valence-electron chi connectivity index (χ1n) is 7.45. The summed E-state index contributed by atoms with van der Waals surface area (Å²) in [7, 11) is -3.55. The summed E-state index contributed by atoms with van der Waals surface area (Å²) in [6.07, 6.45) is 1.53. The van der Waals surface area contributed by atoms with Crippen molar-refractivity contribution in [3.05, 3.63) is 66.2 Å². The standard InChI is InChI=1S/C17H17N3O2S2/c1-2-20(15-7-4-3-5-8-15)16-11-10-14(13-18-16)19-24(21,22)17-9-6-12-23-17/h3-13,19H,2H2,1H3. The second-order valence-corrected chi connectivity index (χ2v) is 7.88. The maximum absolute atomic E-state index is 12.2. The van der Waals surface area contributed by atoms with Crippen molar-refractivity contribution in [3.8, 4) is 0 Å². The lowest BCUT2D eigenvalue weighted by molar-refractivity contribution is 0.603. The van der Waals surface area contributed by atoms with Crippen molar-refractivity contribution >= 4 is 38.6 Å². The predicted molar refractivity (Wildman–Crippen MR) is 98.5 cm³/mol. The molecule has 0 aliphatic rings. The molecule has 7 heteroatoms. The summed E-state index contributed by atoms with van der Waals surface area (Å²) in [4.78, 5) is 6.45. The van der Waals surface area contributed by atoms with Crippen molar-refractivity contribution in [2.24, 2.45) is 0 Å². The molecule has 3 aromatic rings. The van der Waals surface area contributed by atoms with Gasteiger partial charge in [-0.1, -0.05) is 24.3 Å². The Morgan fingerprint density at radius 3 is 2.46 bits per heavy atom. The molecule has 0 aliphatic carbocycles. The minimum Gasteiger partial charge on any atom is -0.327 e. The molecule has 24 heavy (non-hydrogen) atoms. The van der Waals surface area contributed by atoms with Crippen molar-refractivity contribution in [2.45, 2.75) is 11.1 Å². The van der Waals surface area contributed by atoms with Gasteiger partial charge < -0.3 is 4.90 Å². The van der Waals surface area contributed by atoms with E-state index >= 15 is 0 Å². The van der Waals surface area contributed by atoms with Gasteiger partial charge in [-0.2, -0.15) is 0 Å². The normalized spacial score (nSPS) is 11.2. The molecule has 124 valence electrons. The number of pyridine rings is 1. The number of aromatic nitrogens is 1. The largest absolute Gasteiger partial charge is 0.327 e. The second kappa shape index (κ2) is 7.02. The van der Waals surface area contributed by atoms with E-state index in [1.54, 1.807) is 23.6 Å². The monoisotopic (exact) mass is 359 g/mol. The van der Waals surface area contributed by atoms with Crippen LogP contribution in [0.3, 0.4) is 0 Å². The number of sulfonamides is 1. The molecule has 5 nitrogen and oxygen atoms in total. The van der Waals surface area contributed by atoms with Gasteiger partial charge in [-0.15, -0.1) is 11.3 Å². The molecule has 0 fully saturated rings. The van der Waals surface area contributed by atoms with E-state index in [4.69, 9.17) is 0 Å². The number of thiophene rings is 1. The molecule has 2 heterocycles. The van der Waals surface area contributed by atoms with Crippen LogP contribution >= 0.6 is 11.3 Å². The molecule has 0 bridgehead atoms. The number of benzene rings is 1. The maximum Gasteiger partial charge on any atom is 0.271 e. The molecule has 0 amide bonds. The van der Waals surface area contributed by atoms with Crippen LogP contribution in [-0.4, -0.2) is 19.9 Å². The zero-order valence-electron chi connectivity index (χ0n) is 13.1. The van der Waals surface area contributed by atoms with Gasteiger partial charge in [0, 0.05) is 12.2 Å². The fourth-order valence-electron chi connectivity index (χ4n) is 2.31. The number of nitrogens with zero attached hydrogens (tertiary/aromatic N) is 2. The highest BCUT2D eigenvalue weighted by molar-refractivity contribution is 7.94. The van der Waals surface area contributed by atoms with Crippen molar-refractivity contribution in [1.29, 1.82) is 0 Å². The average molecular weight is 359 g/mol. The number of para-hydroxylation sites is 1. The molecule has 0 saturated heterocycles. The topological polar surface area (TPSA) is 62.3 Å². The Kier molecular flexibility index (Phi) is 4.82. The van der Waals surface area contributed by atoms with Gasteiger partial charge in [-0.05, 0) is 42.6 Å². The van der Waals surface area contributed by atoms with E-state index < -0.39 is 10.0 Å². The Labute approximate surface area is 145 Å². The van der Waals surface area contributed by atoms with E-state index in [2.05, 4.69) is 14.6 Å². The Bertz CT molecular complexity index is 877. The summed E-state index contributed by atoms with van der Waals surface area (Å²) in [5.41, 5.74) is 1.48. The van der Waals surface area contributed by atoms with Crippen molar-refractivity contribution in [3.63, 3.8) is 0 Å². The van der Waals surface area contributed by atoms with Gasteiger partial charge in [0.1, 0.15) is 10.0 Å². The Balaban J connectivity index is 1.81. The molecule has 1 aromatic carbocycles. The number of rotatable bonds is 6. The molecule has 0 atom stereocenters. The molecule has 2 aromatic heterocycles. The highest BCUT2D eigenvalue weighted by atomic mass is 32.2. The lowest BCUT2D eigenvalue weighted by Crippen LogP contribution is -2.17. The summed E-state index contributed by atoms with van der Waals surface area (Å²) >= 11 is 1.18. The fraction of sp³-hybridized carbons (Fsp3) is 0.118. The minimum absolute atomic E-state index is 0.283. The number of hydrogen-bond acceptors (Lipinski definition) is 5. The van der Waals surface area contributed by atoms with Crippen LogP contribution in [0, 0.1) is 0 Å². The van der Waals surface area contributed by atoms with E-state index in [9.17, 15) is 8.42 Å². The van der Waals surface area contributed by atoms with Gasteiger partial charge >= 0.3 is 0 Å². The lowest BCUT2D eigenvalue weighted by Gasteiger charge is -2.22. The molecule has 0 unspecified atom stereocenters. The molecule has 1 N–H and O–H groups in total. The first-order valence-corrected chi connectivity index (χ1v) is 9.81. The van der Waals surface area contributed by atoms with Gasteiger partial charge in [0.15, 0.2) is 0 Å². The number of nitrogens with one attached hydrogen (secondary N) is 1. The molecule has 0 spiro atoms. The second-order valence-electron chi connectivity index (χ2n) is 5.02. The Morgan fingerprint density at radius 2 is 1.88 bits per heavy atom. The van der Waals surface area contributed by atoms with Gasteiger partial charge in [0.25, 0.3) is 10.0 Å². The Morgan fingerprint density at radius 1 is 1.08 bits per heavy atom. The summed E-state index contributed by atoms with van der Waals surface area (Å²) in [5.74, 6) is 0.766. The molecule has 0 radical (unpaired) electrons. The van der Waals surface area contributed by atoms with Crippen LogP contribution in [0.5, 0.6) is 0 Å². The third kappa shape index (κ3) is 3.58. The van der Waals surface area contributed by atoms with Gasteiger partial charge in [0.05, 0.1) is 11.9 Å². The highest BCUT2D eigenvalue weighted by Gasteiger charge is 2.15.